The molecule has 7 heteroatoms. The van der Waals surface area contributed by atoms with Gasteiger partial charge in [0.25, 0.3) is 5.91 Å². The average molecular weight is 385 g/mol. The largest absolute Gasteiger partial charge is 0.494 e. The maximum Gasteiger partial charge on any atom is 0.269 e. The molecule has 0 radical (unpaired) electrons. The van der Waals surface area contributed by atoms with E-state index in [0.29, 0.717) is 29.9 Å². The van der Waals surface area contributed by atoms with Crippen LogP contribution >= 0.6 is 12.2 Å². The van der Waals surface area contributed by atoms with Crippen LogP contribution in [0.2, 0.25) is 0 Å². The molecule has 0 saturated heterocycles. The molecule has 1 amide bonds. The Morgan fingerprint density at radius 1 is 1.00 bits per heavy atom. The smallest absolute Gasteiger partial charge is 0.269 e. The highest BCUT2D eigenvalue weighted by Gasteiger charge is 2.21. The topological polar surface area (TPSA) is 71.6 Å². The quantitative estimate of drug-likeness (QED) is 0.503. The molecule has 0 aromatic heterocycles. The molecule has 27 heavy (non-hydrogen) atoms. The van der Waals surface area contributed by atoms with Crippen LogP contribution in [0, 0.1) is 0 Å². The summed E-state index contributed by atoms with van der Waals surface area (Å²) < 4.78 is 11.2. The molecule has 3 N–H and O–H groups in total. The molecule has 1 saturated carbocycles. The van der Waals surface area contributed by atoms with Gasteiger partial charge in [-0.1, -0.05) is 12.1 Å². The molecule has 3 rings (SSSR count). The first-order valence-corrected chi connectivity index (χ1v) is 9.36. The molecule has 1 aliphatic carbocycles. The van der Waals surface area contributed by atoms with Crippen LogP contribution in [0.5, 0.6) is 11.5 Å². The minimum atomic E-state index is -0.242. The summed E-state index contributed by atoms with van der Waals surface area (Å²) in [5.74, 6) is 1.34. The van der Waals surface area contributed by atoms with E-state index >= 15 is 0 Å². The fourth-order valence-corrected chi connectivity index (χ4v) is 2.57. The third-order valence-corrected chi connectivity index (χ3v) is 4.18. The molecule has 1 fully saturated rings. The highest BCUT2D eigenvalue weighted by atomic mass is 32.1. The number of benzene rings is 2. The second kappa shape index (κ2) is 9.23. The van der Waals surface area contributed by atoms with E-state index < -0.39 is 0 Å². The molecule has 142 valence electrons. The van der Waals surface area contributed by atoms with Crippen LogP contribution in [0.25, 0.3) is 0 Å². The maximum absolute atomic E-state index is 12.1. The normalized spacial score (nSPS) is 12.8. The summed E-state index contributed by atoms with van der Waals surface area (Å²) in [6.07, 6.45) is 2.24. The molecular weight excluding hydrogens is 362 g/mol. The minimum absolute atomic E-state index is 0.242. The van der Waals surface area contributed by atoms with Crippen LogP contribution in [-0.2, 0) is 6.61 Å². The summed E-state index contributed by atoms with van der Waals surface area (Å²) in [4.78, 5) is 12.1. The monoisotopic (exact) mass is 385 g/mol. The molecule has 1 aliphatic rings. The number of hydrogen-bond acceptors (Lipinski definition) is 4. The number of carbonyl (C=O) groups excluding carboxylic acids is 1. The van der Waals surface area contributed by atoms with Crippen LogP contribution in [0.3, 0.4) is 0 Å². The van der Waals surface area contributed by atoms with Crippen LogP contribution in [-0.4, -0.2) is 23.7 Å². The lowest BCUT2D eigenvalue weighted by Gasteiger charge is -2.11. The van der Waals surface area contributed by atoms with Crippen molar-refractivity contribution in [1.82, 2.24) is 16.2 Å². The Morgan fingerprint density at radius 2 is 1.63 bits per heavy atom. The number of nitrogens with one attached hydrogen (secondary N) is 3. The lowest BCUT2D eigenvalue weighted by molar-refractivity contribution is 0.0943. The Morgan fingerprint density at radius 3 is 2.22 bits per heavy atom. The molecule has 0 unspecified atom stereocenters. The highest BCUT2D eigenvalue weighted by molar-refractivity contribution is 7.80. The zero-order chi connectivity index (χ0) is 19.1. The van der Waals surface area contributed by atoms with Crippen molar-refractivity contribution in [2.24, 2.45) is 0 Å². The predicted octanol–water partition coefficient (Wildman–Crippen LogP) is 2.94. The Bertz CT molecular complexity index is 774. The summed E-state index contributed by atoms with van der Waals surface area (Å²) >= 11 is 5.10. The lowest BCUT2D eigenvalue weighted by Crippen LogP contribution is -2.47. The molecule has 0 heterocycles. The van der Waals surface area contributed by atoms with Crippen molar-refractivity contribution in [3.05, 3.63) is 59.7 Å². The van der Waals surface area contributed by atoms with Gasteiger partial charge in [-0.05, 0) is 73.9 Å². The number of hydrogen-bond donors (Lipinski definition) is 3. The molecule has 6 nitrogen and oxygen atoms in total. The van der Waals surface area contributed by atoms with Crippen LogP contribution < -0.4 is 25.6 Å². The van der Waals surface area contributed by atoms with E-state index in [-0.39, 0.29) is 5.91 Å². The SMILES string of the molecule is CCOc1ccc(OCc2ccc(C(=O)NNC(=S)NC3CC3)cc2)cc1. The van der Waals surface area contributed by atoms with Gasteiger partial charge >= 0.3 is 0 Å². The third-order valence-electron chi connectivity index (χ3n) is 3.96. The van der Waals surface area contributed by atoms with E-state index in [0.717, 1.165) is 29.9 Å². The van der Waals surface area contributed by atoms with E-state index in [1.54, 1.807) is 12.1 Å². The van der Waals surface area contributed by atoms with Crippen molar-refractivity contribution in [3.63, 3.8) is 0 Å². The summed E-state index contributed by atoms with van der Waals surface area (Å²) in [5.41, 5.74) is 6.82. The fraction of sp³-hybridized carbons (Fsp3) is 0.300. The second-order valence-corrected chi connectivity index (χ2v) is 6.63. The minimum Gasteiger partial charge on any atom is -0.494 e. The van der Waals surface area contributed by atoms with E-state index in [1.165, 1.54) is 0 Å². The molecule has 0 bridgehead atoms. The van der Waals surface area contributed by atoms with Gasteiger partial charge in [-0.2, -0.15) is 0 Å². The van der Waals surface area contributed by atoms with Gasteiger partial charge in [-0.15, -0.1) is 0 Å². The predicted molar refractivity (Wildman–Crippen MR) is 108 cm³/mol. The van der Waals surface area contributed by atoms with E-state index in [2.05, 4.69) is 16.2 Å². The zero-order valence-electron chi connectivity index (χ0n) is 15.2. The van der Waals surface area contributed by atoms with Crippen LogP contribution in [0.4, 0.5) is 0 Å². The summed E-state index contributed by atoms with van der Waals surface area (Å²) in [7, 11) is 0. The number of hydrazine groups is 1. The molecule has 2 aromatic rings. The lowest BCUT2D eigenvalue weighted by atomic mass is 10.1. The summed E-state index contributed by atoms with van der Waals surface area (Å²) in [6.45, 7) is 3.01. The number of rotatable bonds is 7. The Labute approximate surface area is 164 Å². The van der Waals surface area contributed by atoms with Gasteiger partial charge in [-0.25, -0.2) is 0 Å². The van der Waals surface area contributed by atoms with Crippen LogP contribution in [0.15, 0.2) is 48.5 Å². The van der Waals surface area contributed by atoms with Gasteiger partial charge in [0, 0.05) is 11.6 Å². The number of amides is 1. The van der Waals surface area contributed by atoms with Crippen molar-refractivity contribution < 1.29 is 14.3 Å². The second-order valence-electron chi connectivity index (χ2n) is 6.22. The first-order chi connectivity index (χ1) is 13.1. The Kier molecular flexibility index (Phi) is 6.49. The van der Waals surface area contributed by atoms with Gasteiger partial charge < -0.3 is 14.8 Å². The van der Waals surface area contributed by atoms with E-state index in [4.69, 9.17) is 21.7 Å². The first-order valence-electron chi connectivity index (χ1n) is 8.95. The van der Waals surface area contributed by atoms with Crippen molar-refractivity contribution in [2.45, 2.75) is 32.4 Å². The van der Waals surface area contributed by atoms with Gasteiger partial charge in [0.05, 0.1) is 6.61 Å². The molecule has 0 spiro atoms. The van der Waals surface area contributed by atoms with Crippen molar-refractivity contribution in [2.75, 3.05) is 6.61 Å². The van der Waals surface area contributed by atoms with E-state index in [1.807, 2.05) is 43.3 Å². The van der Waals surface area contributed by atoms with Gasteiger partial charge in [0.15, 0.2) is 5.11 Å². The molecule has 0 aliphatic heterocycles. The third kappa shape index (κ3) is 6.14. The standard InChI is InChI=1S/C20H23N3O3S/c1-2-25-17-9-11-18(12-10-17)26-13-14-3-5-15(6-4-14)19(24)22-23-20(27)21-16-7-8-16/h3-6,9-12,16H,2,7-8,13H2,1H3,(H,22,24)(H2,21,23,27). The van der Waals surface area contributed by atoms with E-state index in [9.17, 15) is 4.79 Å². The maximum atomic E-state index is 12.1. The zero-order valence-corrected chi connectivity index (χ0v) is 16.0. The molecular formula is C20H23N3O3S. The molecule has 2 aromatic carbocycles. The van der Waals surface area contributed by atoms with Gasteiger partial charge in [-0.3, -0.25) is 15.6 Å². The average Bonchev–Trinajstić information content (AvgIpc) is 3.50. The highest BCUT2D eigenvalue weighted by Crippen LogP contribution is 2.19. The Balaban J connectivity index is 1.44. The van der Waals surface area contributed by atoms with Crippen LogP contribution in [0.1, 0.15) is 35.7 Å². The van der Waals surface area contributed by atoms with Crippen molar-refractivity contribution in [3.8, 4) is 11.5 Å². The summed E-state index contributed by atoms with van der Waals surface area (Å²) in [5, 5.41) is 3.53. The number of carbonyl (C=O) groups is 1. The van der Waals surface area contributed by atoms with Crippen molar-refractivity contribution in [1.29, 1.82) is 0 Å². The van der Waals surface area contributed by atoms with Gasteiger partial charge in [0.1, 0.15) is 18.1 Å². The Hall–Kier alpha value is -2.80. The first kappa shape index (κ1) is 19.0. The number of thiocarbonyl (C=S) groups is 1. The van der Waals surface area contributed by atoms with Gasteiger partial charge in [0.2, 0.25) is 0 Å². The summed E-state index contributed by atoms with van der Waals surface area (Å²) in [6, 6.07) is 15.2. The number of ether oxygens (including phenoxy) is 2. The molecule has 0 atom stereocenters. The fourth-order valence-electron chi connectivity index (χ4n) is 2.35. The van der Waals surface area contributed by atoms with Crippen molar-refractivity contribution >= 4 is 23.2 Å².